The molecule has 1 heterocycles. The third-order valence-corrected chi connectivity index (χ3v) is 8.10. The Morgan fingerprint density at radius 2 is 1.50 bits per heavy atom. The molecular formula is C36H30N2O3S. The fourth-order valence-electron chi connectivity index (χ4n) is 4.89. The molecule has 0 saturated carbocycles. The Kier molecular flexibility index (Phi) is 8.33. The summed E-state index contributed by atoms with van der Waals surface area (Å²) in [5.74, 6) is 1.19. The lowest BCUT2D eigenvalue weighted by Gasteiger charge is -2.15. The monoisotopic (exact) mass is 570 g/mol. The van der Waals surface area contributed by atoms with Crippen molar-refractivity contribution in [1.29, 1.82) is 0 Å². The third-order valence-electron chi connectivity index (χ3n) is 7.06. The summed E-state index contributed by atoms with van der Waals surface area (Å²) < 4.78 is 11.9. The molecule has 5 aromatic carbocycles. The van der Waals surface area contributed by atoms with Gasteiger partial charge in [-0.15, -0.1) is 0 Å². The van der Waals surface area contributed by atoms with Crippen molar-refractivity contribution in [3.63, 3.8) is 0 Å². The molecule has 0 bridgehead atoms. The van der Waals surface area contributed by atoms with E-state index in [0.717, 1.165) is 22.3 Å². The van der Waals surface area contributed by atoms with Gasteiger partial charge in [0.15, 0.2) is 16.7 Å². The minimum Gasteiger partial charge on any atom is -0.493 e. The highest BCUT2D eigenvalue weighted by Crippen LogP contribution is 2.36. The van der Waals surface area contributed by atoms with E-state index in [9.17, 15) is 4.79 Å². The van der Waals surface area contributed by atoms with Gasteiger partial charge in [-0.05, 0) is 63.0 Å². The summed E-state index contributed by atoms with van der Waals surface area (Å²) in [7, 11) is 1.63. The lowest BCUT2D eigenvalue weighted by molar-refractivity contribution is -0.122. The lowest BCUT2D eigenvalue weighted by Crippen LogP contribution is -2.28. The standard InChI is InChI=1S/C36H30N2O3S/c1-40-33-21-28(19-20-32(33)41-25-30-17-10-16-29-15-8-9-18-31(29)30)22-34-35(39)38(24-27-13-6-3-7-14-27)36(42-34)37-23-26-11-4-2-5-12-26/h2-22H,23-25H2,1H3/b34-22+,37-36?. The maximum atomic E-state index is 13.6. The number of nitrogens with zero attached hydrogens (tertiary/aromatic N) is 2. The molecule has 0 radical (unpaired) electrons. The first kappa shape index (κ1) is 27.4. The second kappa shape index (κ2) is 12.8. The van der Waals surface area contributed by atoms with Crippen molar-refractivity contribution < 1.29 is 14.3 Å². The molecule has 0 N–H and O–H groups in total. The van der Waals surface area contributed by atoms with Gasteiger partial charge in [0.25, 0.3) is 5.91 Å². The predicted octanol–water partition coefficient (Wildman–Crippen LogP) is 8.10. The lowest BCUT2D eigenvalue weighted by atomic mass is 10.1. The number of carbonyl (C=O) groups excluding carboxylic acids is 1. The first-order chi connectivity index (χ1) is 20.7. The molecule has 0 unspecified atom stereocenters. The maximum absolute atomic E-state index is 13.6. The van der Waals surface area contributed by atoms with Gasteiger partial charge < -0.3 is 9.47 Å². The second-order valence-corrected chi connectivity index (χ2v) is 10.9. The van der Waals surface area contributed by atoms with Gasteiger partial charge in [-0.3, -0.25) is 14.7 Å². The van der Waals surface area contributed by atoms with Crippen LogP contribution in [-0.4, -0.2) is 23.1 Å². The molecule has 1 aliphatic rings. The number of carbonyl (C=O) groups is 1. The first-order valence-electron chi connectivity index (χ1n) is 13.8. The average molecular weight is 571 g/mol. The van der Waals surface area contributed by atoms with Gasteiger partial charge >= 0.3 is 0 Å². The smallest absolute Gasteiger partial charge is 0.267 e. The number of thioether (sulfide) groups is 1. The Morgan fingerprint density at radius 3 is 2.29 bits per heavy atom. The number of benzene rings is 5. The van der Waals surface area contributed by atoms with Crippen molar-refractivity contribution in [1.82, 2.24) is 4.90 Å². The van der Waals surface area contributed by atoms with Crippen molar-refractivity contribution in [2.24, 2.45) is 4.99 Å². The van der Waals surface area contributed by atoms with Crippen molar-refractivity contribution in [2.75, 3.05) is 7.11 Å². The molecule has 6 heteroatoms. The zero-order valence-electron chi connectivity index (χ0n) is 23.3. The van der Waals surface area contributed by atoms with Crippen molar-refractivity contribution in [2.45, 2.75) is 19.7 Å². The molecule has 1 fully saturated rings. The van der Waals surface area contributed by atoms with E-state index in [1.165, 1.54) is 22.5 Å². The van der Waals surface area contributed by atoms with E-state index in [1.807, 2.05) is 103 Å². The fourth-order valence-corrected chi connectivity index (χ4v) is 5.87. The fraction of sp³-hybridized carbons (Fsp3) is 0.111. The Morgan fingerprint density at radius 1 is 0.786 bits per heavy atom. The van der Waals surface area contributed by atoms with Crippen LogP contribution in [-0.2, 0) is 24.5 Å². The van der Waals surface area contributed by atoms with Crippen LogP contribution in [0.3, 0.4) is 0 Å². The average Bonchev–Trinajstić information content (AvgIpc) is 3.33. The first-order valence-corrected chi connectivity index (χ1v) is 14.6. The van der Waals surface area contributed by atoms with E-state index < -0.39 is 0 Å². The topological polar surface area (TPSA) is 51.1 Å². The van der Waals surface area contributed by atoms with Crippen LogP contribution < -0.4 is 9.47 Å². The van der Waals surface area contributed by atoms with Crippen LogP contribution in [0.2, 0.25) is 0 Å². The Labute approximate surface area is 250 Å². The Hall–Kier alpha value is -4.81. The number of amidine groups is 1. The van der Waals surface area contributed by atoms with E-state index in [4.69, 9.17) is 14.5 Å². The number of methoxy groups -OCH3 is 1. The predicted molar refractivity (Wildman–Crippen MR) is 171 cm³/mol. The minimum absolute atomic E-state index is 0.0640. The minimum atomic E-state index is -0.0640. The van der Waals surface area contributed by atoms with Crippen LogP contribution in [0.25, 0.3) is 16.8 Å². The number of ether oxygens (including phenoxy) is 2. The number of rotatable bonds is 9. The number of fused-ring (bicyclic) bond motifs is 1. The molecule has 0 atom stereocenters. The molecule has 208 valence electrons. The Balaban J connectivity index is 1.23. The molecule has 0 spiro atoms. The molecule has 5 aromatic rings. The third kappa shape index (κ3) is 6.24. The van der Waals surface area contributed by atoms with E-state index in [2.05, 4.69) is 24.3 Å². The zero-order chi connectivity index (χ0) is 28.7. The number of aliphatic imine (C=N–C) groups is 1. The number of hydrogen-bond donors (Lipinski definition) is 0. The quantitative estimate of drug-likeness (QED) is 0.168. The van der Waals surface area contributed by atoms with Crippen molar-refractivity contribution in [3.05, 3.63) is 148 Å². The summed E-state index contributed by atoms with van der Waals surface area (Å²) in [4.78, 5) is 20.8. The van der Waals surface area contributed by atoms with E-state index >= 15 is 0 Å². The largest absolute Gasteiger partial charge is 0.493 e. The van der Waals surface area contributed by atoms with Crippen LogP contribution in [0.5, 0.6) is 11.5 Å². The summed E-state index contributed by atoms with van der Waals surface area (Å²) in [5.41, 5.74) is 4.10. The summed E-state index contributed by atoms with van der Waals surface area (Å²) in [6.45, 7) is 1.38. The summed E-state index contributed by atoms with van der Waals surface area (Å²) in [6, 6.07) is 40.3. The highest BCUT2D eigenvalue weighted by molar-refractivity contribution is 8.18. The maximum Gasteiger partial charge on any atom is 0.267 e. The molecule has 1 saturated heterocycles. The van der Waals surface area contributed by atoms with Crippen LogP contribution in [0.4, 0.5) is 0 Å². The van der Waals surface area contributed by atoms with Gasteiger partial charge in [-0.25, -0.2) is 0 Å². The van der Waals surface area contributed by atoms with Gasteiger partial charge in [-0.2, -0.15) is 0 Å². The summed E-state index contributed by atoms with van der Waals surface area (Å²) >= 11 is 1.40. The highest BCUT2D eigenvalue weighted by atomic mass is 32.2. The molecule has 0 aromatic heterocycles. The van der Waals surface area contributed by atoms with Crippen LogP contribution in [0, 0.1) is 0 Å². The molecule has 42 heavy (non-hydrogen) atoms. The van der Waals surface area contributed by atoms with E-state index in [-0.39, 0.29) is 5.91 Å². The van der Waals surface area contributed by atoms with E-state index in [0.29, 0.717) is 41.3 Å². The van der Waals surface area contributed by atoms with Gasteiger partial charge in [0, 0.05) is 0 Å². The normalized spacial score (nSPS) is 15.1. The molecular weight excluding hydrogens is 540 g/mol. The van der Waals surface area contributed by atoms with Crippen LogP contribution in [0.15, 0.2) is 131 Å². The van der Waals surface area contributed by atoms with Gasteiger partial charge in [0.05, 0.1) is 25.1 Å². The van der Waals surface area contributed by atoms with E-state index in [1.54, 1.807) is 12.0 Å². The highest BCUT2D eigenvalue weighted by Gasteiger charge is 2.33. The van der Waals surface area contributed by atoms with Crippen LogP contribution >= 0.6 is 11.8 Å². The molecule has 0 aliphatic carbocycles. The van der Waals surface area contributed by atoms with Gasteiger partial charge in [0.1, 0.15) is 6.61 Å². The van der Waals surface area contributed by atoms with Gasteiger partial charge in [-0.1, -0.05) is 109 Å². The van der Waals surface area contributed by atoms with Crippen molar-refractivity contribution in [3.8, 4) is 11.5 Å². The zero-order valence-corrected chi connectivity index (χ0v) is 24.1. The second-order valence-electron chi connectivity index (χ2n) is 9.91. The molecule has 6 rings (SSSR count). The SMILES string of the molecule is COc1cc(/C=C2/SC(=NCc3ccccc3)N(Cc3ccccc3)C2=O)ccc1OCc1cccc2ccccc12. The van der Waals surface area contributed by atoms with Crippen molar-refractivity contribution >= 4 is 39.7 Å². The Bertz CT molecular complexity index is 1760. The molecule has 1 amide bonds. The summed E-state index contributed by atoms with van der Waals surface area (Å²) in [5, 5.41) is 3.04. The number of hydrogen-bond acceptors (Lipinski definition) is 5. The van der Waals surface area contributed by atoms with Crippen LogP contribution in [0.1, 0.15) is 22.3 Å². The molecule has 5 nitrogen and oxygen atoms in total. The van der Waals surface area contributed by atoms with Gasteiger partial charge in [0.2, 0.25) is 0 Å². The number of amides is 1. The summed E-state index contributed by atoms with van der Waals surface area (Å²) in [6.07, 6.45) is 1.90. The molecule has 1 aliphatic heterocycles.